The summed E-state index contributed by atoms with van der Waals surface area (Å²) in [4.78, 5) is 16.7. The van der Waals surface area contributed by atoms with E-state index in [0.29, 0.717) is 23.7 Å². The lowest BCUT2D eigenvalue weighted by atomic mass is 10.0. The van der Waals surface area contributed by atoms with Gasteiger partial charge in [-0.15, -0.1) is 0 Å². The molecule has 30 heavy (non-hydrogen) atoms. The van der Waals surface area contributed by atoms with Crippen LogP contribution in [0.25, 0.3) is 0 Å². The monoisotopic (exact) mass is 413 g/mol. The minimum atomic E-state index is -0.287. The van der Waals surface area contributed by atoms with Crippen molar-refractivity contribution in [2.45, 2.75) is 19.0 Å². The second-order valence-corrected chi connectivity index (χ2v) is 7.41. The van der Waals surface area contributed by atoms with Gasteiger partial charge in [0.25, 0.3) is 0 Å². The Balaban J connectivity index is 1.64. The molecule has 7 heteroatoms. The van der Waals surface area contributed by atoms with E-state index in [9.17, 15) is 4.79 Å². The highest BCUT2D eigenvalue weighted by Crippen LogP contribution is 2.40. The Morgan fingerprint density at radius 1 is 0.933 bits per heavy atom. The first kappa shape index (κ1) is 21.9. The van der Waals surface area contributed by atoms with Crippen LogP contribution in [0, 0.1) is 0 Å². The summed E-state index contributed by atoms with van der Waals surface area (Å²) in [6.07, 6.45) is 0.639. The highest BCUT2D eigenvalue weighted by molar-refractivity contribution is 5.80. The van der Waals surface area contributed by atoms with Crippen LogP contribution in [0.3, 0.4) is 0 Å². The lowest BCUT2D eigenvalue weighted by molar-refractivity contribution is -0.124. The van der Waals surface area contributed by atoms with Crippen molar-refractivity contribution in [2.75, 3.05) is 47.5 Å². The van der Waals surface area contributed by atoms with Gasteiger partial charge in [0.15, 0.2) is 11.5 Å². The number of primary amides is 1. The van der Waals surface area contributed by atoms with Crippen molar-refractivity contribution in [3.05, 3.63) is 53.6 Å². The molecule has 1 aliphatic rings. The van der Waals surface area contributed by atoms with E-state index < -0.39 is 0 Å². The molecule has 0 spiro atoms. The fourth-order valence-corrected chi connectivity index (χ4v) is 4.01. The van der Waals surface area contributed by atoms with Crippen molar-refractivity contribution >= 4 is 5.91 Å². The molecule has 2 aromatic carbocycles. The highest BCUT2D eigenvalue weighted by atomic mass is 16.5. The fraction of sp³-hybridized carbons (Fsp3) is 0.435. The first-order valence-electron chi connectivity index (χ1n) is 10.1. The minimum absolute atomic E-state index is 0.270. The number of hydrogen-bond acceptors (Lipinski definition) is 6. The van der Waals surface area contributed by atoms with Gasteiger partial charge in [0.05, 0.1) is 27.4 Å². The van der Waals surface area contributed by atoms with Gasteiger partial charge in [0, 0.05) is 38.3 Å². The average molecular weight is 414 g/mol. The molecule has 1 saturated heterocycles. The SMILES string of the molecule is COc1ccc(CN2CCN(C(Cc3ccccc3)C(N)=O)CC2)c(OC)c1OC. The summed E-state index contributed by atoms with van der Waals surface area (Å²) in [6, 6.07) is 13.6. The van der Waals surface area contributed by atoms with E-state index >= 15 is 0 Å². The number of nitrogens with two attached hydrogens (primary N) is 1. The summed E-state index contributed by atoms with van der Waals surface area (Å²) >= 11 is 0. The maximum Gasteiger partial charge on any atom is 0.235 e. The lowest BCUT2D eigenvalue weighted by Gasteiger charge is -2.38. The zero-order valence-corrected chi connectivity index (χ0v) is 18.0. The van der Waals surface area contributed by atoms with Crippen LogP contribution in [-0.4, -0.2) is 69.3 Å². The third-order valence-corrected chi connectivity index (χ3v) is 5.63. The van der Waals surface area contributed by atoms with Gasteiger partial charge in [-0.2, -0.15) is 0 Å². The number of hydrogen-bond donors (Lipinski definition) is 1. The highest BCUT2D eigenvalue weighted by Gasteiger charge is 2.28. The smallest absolute Gasteiger partial charge is 0.235 e. The normalized spacial score (nSPS) is 16.1. The van der Waals surface area contributed by atoms with Gasteiger partial charge in [-0.3, -0.25) is 14.6 Å². The number of nitrogens with zero attached hydrogens (tertiary/aromatic N) is 2. The molecule has 7 nitrogen and oxygen atoms in total. The van der Waals surface area contributed by atoms with E-state index in [1.807, 2.05) is 42.5 Å². The van der Waals surface area contributed by atoms with E-state index in [0.717, 1.165) is 43.9 Å². The molecular formula is C23H31N3O4. The molecule has 2 N–H and O–H groups in total. The van der Waals surface area contributed by atoms with Crippen LogP contribution in [-0.2, 0) is 17.8 Å². The molecule has 162 valence electrons. The molecule has 1 fully saturated rings. The average Bonchev–Trinajstić information content (AvgIpc) is 2.78. The number of amides is 1. The Hall–Kier alpha value is -2.77. The van der Waals surface area contributed by atoms with Crippen LogP contribution in [0.5, 0.6) is 17.2 Å². The van der Waals surface area contributed by atoms with Crippen LogP contribution in [0.2, 0.25) is 0 Å². The maximum atomic E-state index is 12.1. The predicted octanol–water partition coefficient (Wildman–Crippen LogP) is 1.93. The van der Waals surface area contributed by atoms with E-state index in [4.69, 9.17) is 19.9 Å². The molecule has 2 aromatic rings. The lowest BCUT2D eigenvalue weighted by Crippen LogP contribution is -2.54. The zero-order valence-electron chi connectivity index (χ0n) is 18.0. The molecule has 3 rings (SSSR count). The van der Waals surface area contributed by atoms with Crippen molar-refractivity contribution < 1.29 is 19.0 Å². The van der Waals surface area contributed by atoms with E-state index in [1.54, 1.807) is 21.3 Å². The molecule has 0 bridgehead atoms. The number of carbonyl (C=O) groups excluding carboxylic acids is 1. The van der Waals surface area contributed by atoms with Crippen molar-refractivity contribution in [1.29, 1.82) is 0 Å². The molecule has 1 atom stereocenters. The third kappa shape index (κ3) is 5.04. The van der Waals surface area contributed by atoms with Crippen molar-refractivity contribution in [3.63, 3.8) is 0 Å². The number of rotatable bonds is 9. The Morgan fingerprint density at radius 3 is 2.17 bits per heavy atom. The van der Waals surface area contributed by atoms with Gasteiger partial charge in [-0.05, 0) is 18.1 Å². The Labute approximate surface area is 178 Å². The molecule has 1 unspecified atom stereocenters. The number of carbonyl (C=O) groups is 1. The van der Waals surface area contributed by atoms with Crippen LogP contribution in [0.4, 0.5) is 0 Å². The minimum Gasteiger partial charge on any atom is -0.493 e. The summed E-state index contributed by atoms with van der Waals surface area (Å²) in [7, 11) is 4.86. The number of ether oxygens (including phenoxy) is 3. The molecule has 0 saturated carbocycles. The third-order valence-electron chi connectivity index (χ3n) is 5.63. The summed E-state index contributed by atoms with van der Waals surface area (Å²) in [6.45, 7) is 4.00. The van der Waals surface area contributed by atoms with Crippen LogP contribution in [0.1, 0.15) is 11.1 Å². The second-order valence-electron chi connectivity index (χ2n) is 7.41. The number of benzene rings is 2. The Morgan fingerprint density at radius 2 is 1.60 bits per heavy atom. The molecule has 1 heterocycles. The quantitative estimate of drug-likeness (QED) is 0.677. The topological polar surface area (TPSA) is 77.3 Å². The summed E-state index contributed by atoms with van der Waals surface area (Å²) < 4.78 is 16.5. The predicted molar refractivity (Wildman–Crippen MR) is 116 cm³/mol. The Kier molecular flexibility index (Phi) is 7.54. The van der Waals surface area contributed by atoms with Gasteiger partial charge >= 0.3 is 0 Å². The van der Waals surface area contributed by atoms with Gasteiger partial charge in [0.1, 0.15) is 0 Å². The summed E-state index contributed by atoms with van der Waals surface area (Å²) in [5.41, 5.74) is 7.90. The van der Waals surface area contributed by atoms with Gasteiger partial charge in [0.2, 0.25) is 11.7 Å². The van der Waals surface area contributed by atoms with Crippen LogP contribution < -0.4 is 19.9 Å². The van der Waals surface area contributed by atoms with E-state index in [-0.39, 0.29) is 11.9 Å². The molecule has 1 aliphatic heterocycles. The standard InChI is InChI=1S/C23H31N3O4/c1-28-20-10-9-18(21(29-2)22(20)30-3)16-25-11-13-26(14-12-25)19(23(24)27)15-17-7-5-4-6-8-17/h4-10,19H,11-16H2,1-3H3,(H2,24,27). The van der Waals surface area contributed by atoms with Crippen molar-refractivity contribution in [2.24, 2.45) is 5.73 Å². The van der Waals surface area contributed by atoms with Gasteiger partial charge < -0.3 is 19.9 Å². The fourth-order valence-electron chi connectivity index (χ4n) is 4.01. The molecule has 1 amide bonds. The first-order chi connectivity index (χ1) is 14.6. The first-order valence-corrected chi connectivity index (χ1v) is 10.1. The van der Waals surface area contributed by atoms with Gasteiger partial charge in [-0.25, -0.2) is 0 Å². The van der Waals surface area contributed by atoms with E-state index in [2.05, 4.69) is 9.80 Å². The van der Waals surface area contributed by atoms with Crippen molar-refractivity contribution in [1.82, 2.24) is 9.80 Å². The summed E-state index contributed by atoms with van der Waals surface area (Å²) in [5, 5.41) is 0. The van der Waals surface area contributed by atoms with Crippen molar-refractivity contribution in [3.8, 4) is 17.2 Å². The largest absolute Gasteiger partial charge is 0.493 e. The zero-order chi connectivity index (χ0) is 21.5. The maximum absolute atomic E-state index is 12.1. The molecular weight excluding hydrogens is 382 g/mol. The molecule has 0 radical (unpaired) electrons. The second kappa shape index (κ2) is 10.3. The molecule has 0 aliphatic carbocycles. The Bertz CT molecular complexity index is 836. The number of piperazine rings is 1. The van der Waals surface area contributed by atoms with E-state index in [1.165, 1.54) is 0 Å². The van der Waals surface area contributed by atoms with Gasteiger partial charge in [-0.1, -0.05) is 36.4 Å². The molecule has 0 aromatic heterocycles. The summed E-state index contributed by atoms with van der Waals surface area (Å²) in [5.74, 6) is 1.67. The van der Waals surface area contributed by atoms with Crippen LogP contribution in [0.15, 0.2) is 42.5 Å². The van der Waals surface area contributed by atoms with Crippen LogP contribution >= 0.6 is 0 Å². The number of methoxy groups -OCH3 is 3.